The normalized spacial score (nSPS) is 28.3. The van der Waals surface area contributed by atoms with Crippen molar-refractivity contribution in [1.82, 2.24) is 0 Å². The highest BCUT2D eigenvalue weighted by Gasteiger charge is 2.26. The molecule has 0 N–H and O–H groups in total. The minimum absolute atomic E-state index is 0.796. The van der Waals surface area contributed by atoms with E-state index in [0.717, 1.165) is 17.8 Å². The van der Waals surface area contributed by atoms with Crippen LogP contribution in [-0.4, -0.2) is 0 Å². The Labute approximate surface area is 113 Å². The lowest BCUT2D eigenvalue weighted by Crippen LogP contribution is -2.20. The van der Waals surface area contributed by atoms with Gasteiger partial charge in [-0.15, -0.1) is 0 Å². The summed E-state index contributed by atoms with van der Waals surface area (Å²) in [5, 5.41) is 0. The van der Waals surface area contributed by atoms with Gasteiger partial charge in [0.2, 0.25) is 0 Å². The van der Waals surface area contributed by atoms with Crippen LogP contribution in [-0.2, 0) is 12.8 Å². The fourth-order valence-electron chi connectivity index (χ4n) is 3.55. The van der Waals surface area contributed by atoms with Gasteiger partial charge < -0.3 is 0 Å². The van der Waals surface area contributed by atoms with Crippen LogP contribution in [0.25, 0.3) is 0 Å². The monoisotopic (exact) mass is 244 g/mol. The van der Waals surface area contributed by atoms with E-state index in [2.05, 4.69) is 45.9 Å². The molecule has 0 bridgehead atoms. The minimum Gasteiger partial charge on any atom is -0.0625 e. The van der Waals surface area contributed by atoms with Crippen molar-refractivity contribution >= 4 is 0 Å². The highest BCUT2D eigenvalue weighted by molar-refractivity contribution is 5.34. The van der Waals surface area contributed by atoms with Crippen LogP contribution in [0.15, 0.2) is 18.2 Å². The molecule has 0 aromatic heterocycles. The summed E-state index contributed by atoms with van der Waals surface area (Å²) in [6, 6.07) is 7.27. The van der Waals surface area contributed by atoms with Gasteiger partial charge in [-0.2, -0.15) is 0 Å². The molecule has 0 radical (unpaired) electrons. The van der Waals surface area contributed by atoms with E-state index < -0.39 is 0 Å². The molecule has 0 nitrogen and oxygen atoms in total. The zero-order valence-electron chi connectivity index (χ0n) is 12.5. The number of hydrogen-bond acceptors (Lipinski definition) is 0. The molecule has 3 atom stereocenters. The van der Waals surface area contributed by atoms with E-state index >= 15 is 0 Å². The first-order valence-electron chi connectivity index (χ1n) is 7.77. The van der Waals surface area contributed by atoms with E-state index in [0.29, 0.717) is 0 Å². The molecule has 1 aromatic carbocycles. The molecule has 3 unspecified atom stereocenters. The average Bonchev–Trinajstić information content (AvgIpc) is 2.40. The Hall–Kier alpha value is -0.780. The number of rotatable bonds is 3. The Morgan fingerprint density at radius 3 is 2.39 bits per heavy atom. The predicted octanol–water partition coefficient (Wildman–Crippen LogP) is 5.35. The summed E-state index contributed by atoms with van der Waals surface area (Å²) < 4.78 is 0. The van der Waals surface area contributed by atoms with Crippen LogP contribution in [0, 0.1) is 11.8 Å². The second kappa shape index (κ2) is 5.91. The lowest BCUT2D eigenvalue weighted by molar-refractivity contribution is 0.264. The van der Waals surface area contributed by atoms with Crippen LogP contribution < -0.4 is 0 Å². The van der Waals surface area contributed by atoms with Crippen LogP contribution in [0.5, 0.6) is 0 Å². The van der Waals surface area contributed by atoms with Crippen LogP contribution in [0.1, 0.15) is 69.6 Å². The molecule has 0 spiro atoms. The van der Waals surface area contributed by atoms with Crippen LogP contribution in [0.4, 0.5) is 0 Å². The molecule has 0 heteroatoms. The maximum Gasteiger partial charge on any atom is -0.0134 e. The van der Waals surface area contributed by atoms with Crippen molar-refractivity contribution in [2.75, 3.05) is 0 Å². The highest BCUT2D eigenvalue weighted by Crippen LogP contribution is 2.40. The molecule has 100 valence electrons. The zero-order chi connectivity index (χ0) is 13.1. The van der Waals surface area contributed by atoms with Gasteiger partial charge in [0.25, 0.3) is 0 Å². The summed E-state index contributed by atoms with van der Waals surface area (Å²) in [6.07, 6.45) is 6.55. The minimum atomic E-state index is 0.796. The van der Waals surface area contributed by atoms with Gasteiger partial charge in [-0.25, -0.2) is 0 Å². The molecule has 0 aliphatic heterocycles. The van der Waals surface area contributed by atoms with Gasteiger partial charge in [0.15, 0.2) is 0 Å². The third kappa shape index (κ3) is 2.79. The summed E-state index contributed by atoms with van der Waals surface area (Å²) >= 11 is 0. The molecule has 18 heavy (non-hydrogen) atoms. The summed E-state index contributed by atoms with van der Waals surface area (Å²) in [5.74, 6) is 2.56. The van der Waals surface area contributed by atoms with Gasteiger partial charge in [0.05, 0.1) is 0 Å². The lowest BCUT2D eigenvalue weighted by Gasteiger charge is -2.33. The topological polar surface area (TPSA) is 0 Å². The van der Waals surface area contributed by atoms with Gasteiger partial charge in [0.1, 0.15) is 0 Å². The van der Waals surface area contributed by atoms with Crippen molar-refractivity contribution < 1.29 is 0 Å². The molecule has 1 aliphatic rings. The first-order valence-corrected chi connectivity index (χ1v) is 7.77. The average molecular weight is 244 g/mol. The van der Waals surface area contributed by atoms with E-state index in [1.807, 2.05) is 0 Å². The Bertz CT molecular complexity index is 391. The second-order valence-electron chi connectivity index (χ2n) is 6.24. The zero-order valence-corrected chi connectivity index (χ0v) is 12.5. The molecular weight excluding hydrogens is 216 g/mol. The van der Waals surface area contributed by atoms with Crippen molar-refractivity contribution in [1.29, 1.82) is 0 Å². The van der Waals surface area contributed by atoms with Crippen LogP contribution >= 0.6 is 0 Å². The number of hydrogen-bond donors (Lipinski definition) is 0. The van der Waals surface area contributed by atoms with Gasteiger partial charge in [-0.3, -0.25) is 0 Å². The molecule has 0 saturated heterocycles. The van der Waals surface area contributed by atoms with Crippen molar-refractivity contribution in [3.8, 4) is 0 Å². The van der Waals surface area contributed by atoms with Crippen molar-refractivity contribution in [3.63, 3.8) is 0 Å². The van der Waals surface area contributed by atoms with Gasteiger partial charge in [-0.05, 0) is 60.1 Å². The third-order valence-electron chi connectivity index (χ3n) is 4.88. The summed E-state index contributed by atoms with van der Waals surface area (Å²) in [4.78, 5) is 0. The molecule has 0 amide bonds. The Balaban J connectivity index is 2.26. The summed E-state index contributed by atoms with van der Waals surface area (Å²) in [7, 11) is 0. The number of aryl methyl sites for hydroxylation is 2. The molecule has 0 heterocycles. The van der Waals surface area contributed by atoms with Gasteiger partial charge in [-0.1, -0.05) is 52.3 Å². The van der Waals surface area contributed by atoms with E-state index in [-0.39, 0.29) is 0 Å². The predicted molar refractivity (Wildman–Crippen MR) is 80.1 cm³/mol. The maximum absolute atomic E-state index is 2.50. The maximum atomic E-state index is 2.50. The molecule has 2 rings (SSSR count). The third-order valence-corrected chi connectivity index (χ3v) is 4.88. The van der Waals surface area contributed by atoms with Gasteiger partial charge >= 0.3 is 0 Å². The van der Waals surface area contributed by atoms with Gasteiger partial charge in [0, 0.05) is 0 Å². The van der Waals surface area contributed by atoms with Crippen molar-refractivity contribution in [2.24, 2.45) is 11.8 Å². The Kier molecular flexibility index (Phi) is 4.48. The Morgan fingerprint density at radius 1 is 1.00 bits per heavy atom. The van der Waals surface area contributed by atoms with Crippen LogP contribution in [0.2, 0.25) is 0 Å². The van der Waals surface area contributed by atoms with Crippen LogP contribution in [0.3, 0.4) is 0 Å². The van der Waals surface area contributed by atoms with E-state index in [1.165, 1.54) is 37.7 Å². The molecule has 1 saturated carbocycles. The molecule has 1 fully saturated rings. The Morgan fingerprint density at radius 2 is 1.72 bits per heavy atom. The van der Waals surface area contributed by atoms with E-state index in [4.69, 9.17) is 0 Å². The first-order chi connectivity index (χ1) is 8.65. The van der Waals surface area contributed by atoms with Crippen molar-refractivity contribution in [2.45, 2.75) is 65.7 Å². The van der Waals surface area contributed by atoms with E-state index in [9.17, 15) is 0 Å². The number of benzene rings is 1. The molecular formula is C18H28. The fraction of sp³-hybridized carbons (Fsp3) is 0.667. The lowest BCUT2D eigenvalue weighted by atomic mass is 9.72. The second-order valence-corrected chi connectivity index (χ2v) is 6.24. The standard InChI is InChI=1S/C18H28/c1-5-15-9-10-17(12-16(15)6-2)18-11-13(3)7-8-14(18)4/h9-10,12-14,18H,5-8,11H2,1-4H3. The quantitative estimate of drug-likeness (QED) is 0.672. The highest BCUT2D eigenvalue weighted by atomic mass is 14.3. The SMILES string of the molecule is CCc1ccc(C2CC(C)CCC2C)cc1CC. The molecule has 1 aromatic rings. The first kappa shape index (κ1) is 13.6. The fourth-order valence-corrected chi connectivity index (χ4v) is 3.55. The smallest absolute Gasteiger partial charge is 0.0134 e. The van der Waals surface area contributed by atoms with E-state index in [1.54, 1.807) is 11.1 Å². The van der Waals surface area contributed by atoms with Crippen molar-refractivity contribution in [3.05, 3.63) is 34.9 Å². The largest absolute Gasteiger partial charge is 0.0625 e. The molecule has 1 aliphatic carbocycles. The summed E-state index contributed by atoms with van der Waals surface area (Å²) in [5.41, 5.74) is 4.71. The summed E-state index contributed by atoms with van der Waals surface area (Å²) in [6.45, 7) is 9.40.